The molecule has 1 aliphatic rings. The predicted octanol–water partition coefficient (Wildman–Crippen LogP) is 2.80. The van der Waals surface area contributed by atoms with Gasteiger partial charge in [-0.2, -0.15) is 0 Å². The van der Waals surface area contributed by atoms with E-state index in [1.807, 2.05) is 0 Å². The van der Waals surface area contributed by atoms with Gasteiger partial charge in [0.1, 0.15) is 5.82 Å². The van der Waals surface area contributed by atoms with Crippen LogP contribution in [0.4, 0.5) is 10.3 Å². The molecule has 0 bridgehead atoms. The maximum Gasteiger partial charge on any atom is 0.343 e. The highest BCUT2D eigenvalue weighted by Gasteiger charge is 2.41. The first-order valence-corrected chi connectivity index (χ1v) is 11.2. The first-order chi connectivity index (χ1) is 15.8. The molecule has 168 valence electrons. The van der Waals surface area contributed by atoms with Crippen molar-refractivity contribution in [3.05, 3.63) is 89.6 Å². The Morgan fingerprint density at radius 3 is 2.36 bits per heavy atom. The van der Waals surface area contributed by atoms with Gasteiger partial charge in [-0.3, -0.25) is 14.4 Å². The van der Waals surface area contributed by atoms with E-state index in [0.717, 1.165) is 16.4 Å². The number of likely N-dealkylation sites (N-methyl/N-ethyl adjacent to an activating group) is 1. The Morgan fingerprint density at radius 2 is 1.70 bits per heavy atom. The maximum atomic E-state index is 13.3. The molecule has 3 aromatic rings. The molecule has 1 amide bonds. The van der Waals surface area contributed by atoms with Crippen LogP contribution in [0.1, 0.15) is 22.8 Å². The Labute approximate surface area is 188 Å². The fraction of sp³-hybridized carbons (Fsp3) is 0.0909. The third kappa shape index (κ3) is 4.17. The number of carbonyl (C=O) groups excluding carboxylic acids is 2. The van der Waals surface area contributed by atoms with E-state index >= 15 is 0 Å². The van der Waals surface area contributed by atoms with Crippen LogP contribution in [0.3, 0.4) is 0 Å². The number of esters is 1. The first-order valence-electron chi connectivity index (χ1n) is 9.75. The van der Waals surface area contributed by atoms with Crippen molar-refractivity contribution in [3.63, 3.8) is 0 Å². The molecular formula is C22H17FN4O5S. The zero-order valence-electron chi connectivity index (χ0n) is 17.2. The van der Waals surface area contributed by atoms with Crippen LogP contribution in [0.15, 0.2) is 77.6 Å². The van der Waals surface area contributed by atoms with Gasteiger partial charge in [-0.05, 0) is 49.4 Å². The lowest BCUT2D eigenvalue weighted by molar-refractivity contribution is -0.113. The Morgan fingerprint density at radius 1 is 1.03 bits per heavy atom. The fourth-order valence-electron chi connectivity index (χ4n) is 3.27. The number of hydrogen-bond acceptors (Lipinski definition) is 7. The van der Waals surface area contributed by atoms with Gasteiger partial charge < -0.3 is 4.74 Å². The molecule has 0 aliphatic carbocycles. The minimum Gasteiger partial charge on any atom is -0.420 e. The smallest absolute Gasteiger partial charge is 0.343 e. The molecule has 0 spiro atoms. The van der Waals surface area contributed by atoms with E-state index in [1.165, 1.54) is 49.6 Å². The Bertz CT molecular complexity index is 1360. The van der Waals surface area contributed by atoms with Crippen LogP contribution in [-0.4, -0.2) is 41.1 Å². The van der Waals surface area contributed by atoms with Crippen LogP contribution in [0.5, 0.6) is 0 Å². The van der Waals surface area contributed by atoms with E-state index < -0.39 is 33.4 Å². The molecule has 2 heterocycles. The Hall–Kier alpha value is -4.12. The number of amides is 1. The van der Waals surface area contributed by atoms with Crippen LogP contribution >= 0.6 is 0 Å². The van der Waals surface area contributed by atoms with Gasteiger partial charge in [0.05, 0.1) is 10.5 Å². The molecule has 1 aromatic heterocycles. The van der Waals surface area contributed by atoms with Crippen molar-refractivity contribution >= 4 is 33.6 Å². The van der Waals surface area contributed by atoms with Crippen molar-refractivity contribution < 1.29 is 27.1 Å². The number of aromatic nitrogens is 2. The number of anilines is 1. The number of benzene rings is 2. The number of rotatable bonds is 5. The van der Waals surface area contributed by atoms with Crippen molar-refractivity contribution in [1.82, 2.24) is 14.3 Å². The highest BCUT2D eigenvalue weighted by Crippen LogP contribution is 2.38. The molecule has 0 fully saturated rings. The third-order valence-corrected chi connectivity index (χ3v) is 6.67. The van der Waals surface area contributed by atoms with E-state index in [-0.39, 0.29) is 34.3 Å². The van der Waals surface area contributed by atoms with Crippen LogP contribution in [-0.2, 0) is 19.6 Å². The largest absolute Gasteiger partial charge is 0.420 e. The predicted molar refractivity (Wildman–Crippen MR) is 115 cm³/mol. The summed E-state index contributed by atoms with van der Waals surface area (Å²) in [7, 11) is -4.13. The molecule has 9 nitrogen and oxygen atoms in total. The number of carbonyl (C=O) groups is 2. The molecule has 0 radical (unpaired) electrons. The van der Waals surface area contributed by atoms with Crippen LogP contribution in [0.25, 0.3) is 5.76 Å². The minimum absolute atomic E-state index is 0.0176. The Kier molecular flexibility index (Phi) is 5.88. The minimum atomic E-state index is -4.13. The van der Waals surface area contributed by atoms with Gasteiger partial charge in [0, 0.05) is 24.5 Å². The van der Waals surface area contributed by atoms with E-state index in [2.05, 4.69) is 15.3 Å². The molecule has 0 atom stereocenters. The lowest BCUT2D eigenvalue weighted by Gasteiger charge is -2.31. The van der Waals surface area contributed by atoms with Crippen LogP contribution in [0.2, 0.25) is 0 Å². The number of hydrogen-bond donors (Lipinski definition) is 1. The lowest BCUT2D eigenvalue weighted by atomic mass is 10.1. The number of sulfonamides is 1. The zero-order chi connectivity index (χ0) is 23.6. The quantitative estimate of drug-likeness (QED) is 0.572. The van der Waals surface area contributed by atoms with Gasteiger partial charge in [0.2, 0.25) is 5.95 Å². The van der Waals surface area contributed by atoms with Gasteiger partial charge in [-0.25, -0.2) is 27.6 Å². The number of nitrogens with one attached hydrogen (secondary N) is 1. The number of halogens is 1. The second kappa shape index (κ2) is 8.79. The molecule has 0 unspecified atom stereocenters. The summed E-state index contributed by atoms with van der Waals surface area (Å²) in [6.07, 6.45) is 2.80. The summed E-state index contributed by atoms with van der Waals surface area (Å²) in [5, 5.41) is 2.43. The fourth-order valence-corrected chi connectivity index (χ4v) is 4.94. The normalized spacial score (nSPS) is 14.4. The summed E-state index contributed by atoms with van der Waals surface area (Å²) < 4.78 is 46.1. The molecular weight excluding hydrogens is 451 g/mol. The summed E-state index contributed by atoms with van der Waals surface area (Å²) in [4.78, 5) is 33.7. The van der Waals surface area contributed by atoms with Crippen LogP contribution in [0, 0.1) is 5.82 Å². The molecule has 0 saturated heterocycles. The van der Waals surface area contributed by atoms with E-state index in [0.29, 0.717) is 0 Å². The molecule has 11 heteroatoms. The van der Waals surface area contributed by atoms with Crippen molar-refractivity contribution in [2.45, 2.75) is 11.8 Å². The summed E-state index contributed by atoms with van der Waals surface area (Å²) in [5.41, 5.74) is -0.347. The van der Waals surface area contributed by atoms with Crippen molar-refractivity contribution in [2.75, 3.05) is 11.9 Å². The van der Waals surface area contributed by atoms with Gasteiger partial charge in [-0.1, -0.05) is 12.1 Å². The second-order valence-corrected chi connectivity index (χ2v) is 8.60. The average Bonchev–Trinajstić information content (AvgIpc) is 2.81. The topological polar surface area (TPSA) is 119 Å². The van der Waals surface area contributed by atoms with E-state index in [9.17, 15) is 22.4 Å². The number of ether oxygens (including phenoxy) is 1. The van der Waals surface area contributed by atoms with Crippen molar-refractivity contribution in [2.24, 2.45) is 0 Å². The molecule has 4 rings (SSSR count). The molecule has 0 saturated carbocycles. The highest BCUT2D eigenvalue weighted by atomic mass is 32.2. The average molecular weight is 468 g/mol. The summed E-state index contributed by atoms with van der Waals surface area (Å²) in [6, 6.07) is 12.0. The van der Waals surface area contributed by atoms with E-state index in [1.54, 1.807) is 12.1 Å². The van der Waals surface area contributed by atoms with Gasteiger partial charge in [0.15, 0.2) is 11.5 Å². The molecule has 1 N–H and O–H groups in total. The van der Waals surface area contributed by atoms with Crippen LogP contribution < -0.4 is 5.32 Å². The van der Waals surface area contributed by atoms with Gasteiger partial charge >= 0.3 is 5.97 Å². The highest BCUT2D eigenvalue weighted by molar-refractivity contribution is 7.89. The molecule has 33 heavy (non-hydrogen) atoms. The second-order valence-electron chi connectivity index (χ2n) is 6.77. The summed E-state index contributed by atoms with van der Waals surface area (Å²) in [6.45, 7) is 1.42. The summed E-state index contributed by atoms with van der Waals surface area (Å²) >= 11 is 0. The summed E-state index contributed by atoms with van der Waals surface area (Å²) in [5.74, 6) is -2.64. The SMILES string of the molecule is CCN1C(C(=O)Nc2ncccn2)=C(OC(=O)c2ccc(F)cc2)c2ccccc2S1(=O)=O. The molecule has 1 aliphatic heterocycles. The van der Waals surface area contributed by atoms with Crippen molar-refractivity contribution in [1.29, 1.82) is 0 Å². The molecule has 2 aromatic carbocycles. The monoisotopic (exact) mass is 468 g/mol. The van der Waals surface area contributed by atoms with Crippen molar-refractivity contribution in [3.8, 4) is 0 Å². The van der Waals surface area contributed by atoms with Gasteiger partial charge in [-0.15, -0.1) is 0 Å². The number of fused-ring (bicyclic) bond motifs is 1. The standard InChI is InChI=1S/C22H17FN4O5S/c1-2-27-18(20(28)26-22-24-12-5-13-25-22)19(16-6-3-4-7-17(16)33(27,30)31)32-21(29)14-8-10-15(23)11-9-14/h3-13H,2H2,1H3,(H,24,25,26,28). The van der Waals surface area contributed by atoms with E-state index in [4.69, 9.17) is 4.74 Å². The Balaban J connectivity index is 1.87. The number of nitrogens with zero attached hydrogens (tertiary/aromatic N) is 3. The lowest BCUT2D eigenvalue weighted by Crippen LogP contribution is -2.40. The third-order valence-electron chi connectivity index (χ3n) is 4.73. The maximum absolute atomic E-state index is 13.3. The first kappa shape index (κ1) is 22.1. The van der Waals surface area contributed by atoms with Gasteiger partial charge in [0.25, 0.3) is 15.9 Å². The zero-order valence-corrected chi connectivity index (χ0v) is 18.0.